The molecule has 0 saturated heterocycles. The SMILES string of the molecule is CN(Cc1cc(Cl)cn1C)C(=O)NC(CCCO)c1ccccc1. The lowest BCUT2D eigenvalue weighted by Gasteiger charge is -2.24. The van der Waals surface area contributed by atoms with E-state index in [9.17, 15) is 4.79 Å². The molecule has 130 valence electrons. The largest absolute Gasteiger partial charge is 0.396 e. The van der Waals surface area contributed by atoms with Crippen LogP contribution in [0.4, 0.5) is 4.79 Å². The number of aryl methyl sites for hydroxylation is 1. The van der Waals surface area contributed by atoms with Gasteiger partial charge in [0.15, 0.2) is 0 Å². The first-order valence-electron chi connectivity index (χ1n) is 7.99. The number of carbonyl (C=O) groups is 1. The van der Waals surface area contributed by atoms with Gasteiger partial charge in [0.2, 0.25) is 0 Å². The Morgan fingerprint density at radius 2 is 2.08 bits per heavy atom. The first-order valence-corrected chi connectivity index (χ1v) is 8.37. The highest BCUT2D eigenvalue weighted by atomic mass is 35.5. The van der Waals surface area contributed by atoms with E-state index in [1.54, 1.807) is 11.9 Å². The van der Waals surface area contributed by atoms with Crippen molar-refractivity contribution < 1.29 is 9.90 Å². The monoisotopic (exact) mass is 349 g/mol. The molecule has 0 saturated carbocycles. The summed E-state index contributed by atoms with van der Waals surface area (Å²) in [5.41, 5.74) is 2.00. The normalized spacial score (nSPS) is 12.0. The van der Waals surface area contributed by atoms with Gasteiger partial charge in [0.05, 0.1) is 17.6 Å². The van der Waals surface area contributed by atoms with E-state index in [1.165, 1.54) is 0 Å². The number of aromatic nitrogens is 1. The summed E-state index contributed by atoms with van der Waals surface area (Å²) >= 11 is 5.99. The number of halogens is 1. The molecule has 2 amide bonds. The topological polar surface area (TPSA) is 57.5 Å². The minimum Gasteiger partial charge on any atom is -0.396 e. The molecule has 24 heavy (non-hydrogen) atoms. The number of hydrogen-bond acceptors (Lipinski definition) is 2. The van der Waals surface area contributed by atoms with Crippen LogP contribution in [0.15, 0.2) is 42.6 Å². The average Bonchev–Trinajstić information content (AvgIpc) is 2.89. The Morgan fingerprint density at radius 3 is 2.67 bits per heavy atom. The molecule has 2 rings (SSSR count). The van der Waals surface area contributed by atoms with Gasteiger partial charge < -0.3 is 19.9 Å². The van der Waals surface area contributed by atoms with Crippen molar-refractivity contribution in [1.82, 2.24) is 14.8 Å². The third-order valence-corrected chi connectivity index (χ3v) is 4.18. The summed E-state index contributed by atoms with van der Waals surface area (Å²) in [6, 6.07) is 11.4. The van der Waals surface area contributed by atoms with E-state index in [-0.39, 0.29) is 18.7 Å². The molecule has 1 aromatic heterocycles. The van der Waals surface area contributed by atoms with Crippen LogP contribution in [0.1, 0.15) is 30.1 Å². The Kier molecular flexibility index (Phi) is 6.70. The highest BCUT2D eigenvalue weighted by Crippen LogP contribution is 2.19. The van der Waals surface area contributed by atoms with Crippen LogP contribution in [0.3, 0.4) is 0 Å². The predicted octanol–water partition coefficient (Wildman–Crippen LogP) is 3.33. The number of amides is 2. The molecule has 0 spiro atoms. The van der Waals surface area contributed by atoms with E-state index in [2.05, 4.69) is 5.32 Å². The number of aliphatic hydroxyl groups excluding tert-OH is 1. The van der Waals surface area contributed by atoms with Crippen molar-refractivity contribution in [3.05, 3.63) is 58.9 Å². The van der Waals surface area contributed by atoms with Gasteiger partial charge in [-0.1, -0.05) is 41.9 Å². The summed E-state index contributed by atoms with van der Waals surface area (Å²) in [7, 11) is 3.66. The fourth-order valence-corrected chi connectivity index (χ4v) is 2.87. The van der Waals surface area contributed by atoms with Gasteiger partial charge in [0, 0.05) is 32.6 Å². The fourth-order valence-electron chi connectivity index (χ4n) is 2.60. The van der Waals surface area contributed by atoms with Gasteiger partial charge in [0.1, 0.15) is 0 Å². The van der Waals surface area contributed by atoms with Crippen LogP contribution < -0.4 is 5.32 Å². The zero-order valence-electron chi connectivity index (χ0n) is 14.1. The van der Waals surface area contributed by atoms with Crippen molar-refractivity contribution in [2.75, 3.05) is 13.7 Å². The molecule has 1 aromatic carbocycles. The lowest BCUT2D eigenvalue weighted by Crippen LogP contribution is -2.39. The van der Waals surface area contributed by atoms with Gasteiger partial charge in [0.25, 0.3) is 0 Å². The summed E-state index contributed by atoms with van der Waals surface area (Å²) in [6.45, 7) is 0.577. The summed E-state index contributed by atoms with van der Waals surface area (Å²) in [5, 5.41) is 12.8. The minimum atomic E-state index is -0.154. The molecule has 1 heterocycles. The first kappa shape index (κ1) is 18.4. The molecule has 2 aromatic rings. The van der Waals surface area contributed by atoms with E-state index in [0.717, 1.165) is 11.3 Å². The van der Waals surface area contributed by atoms with Crippen LogP contribution >= 0.6 is 11.6 Å². The fraction of sp³-hybridized carbons (Fsp3) is 0.389. The molecule has 5 nitrogen and oxygen atoms in total. The molecule has 0 aliphatic rings. The molecule has 0 aliphatic carbocycles. The number of urea groups is 1. The second kappa shape index (κ2) is 8.76. The number of nitrogens with zero attached hydrogens (tertiary/aromatic N) is 2. The van der Waals surface area contributed by atoms with Crippen LogP contribution in [0.25, 0.3) is 0 Å². The Balaban J connectivity index is 2.02. The summed E-state index contributed by atoms with van der Waals surface area (Å²) in [6.07, 6.45) is 3.14. The molecule has 0 aliphatic heterocycles. The van der Waals surface area contributed by atoms with E-state index >= 15 is 0 Å². The predicted molar refractivity (Wildman–Crippen MR) is 95.9 cm³/mol. The van der Waals surface area contributed by atoms with Crippen molar-refractivity contribution >= 4 is 17.6 Å². The van der Waals surface area contributed by atoms with Crippen molar-refractivity contribution in [3.63, 3.8) is 0 Å². The number of benzene rings is 1. The Morgan fingerprint density at radius 1 is 1.38 bits per heavy atom. The van der Waals surface area contributed by atoms with Crippen molar-refractivity contribution in [3.8, 4) is 0 Å². The van der Waals surface area contributed by atoms with Crippen LogP contribution in [-0.4, -0.2) is 34.3 Å². The zero-order valence-corrected chi connectivity index (χ0v) is 14.8. The molecule has 6 heteroatoms. The quantitative estimate of drug-likeness (QED) is 0.805. The second-order valence-corrected chi connectivity index (χ2v) is 6.33. The van der Waals surface area contributed by atoms with E-state index in [1.807, 2.05) is 54.2 Å². The number of carbonyl (C=O) groups excluding carboxylic acids is 1. The first-order chi connectivity index (χ1) is 11.5. The van der Waals surface area contributed by atoms with Crippen molar-refractivity contribution in [2.24, 2.45) is 7.05 Å². The third kappa shape index (κ3) is 5.01. The van der Waals surface area contributed by atoms with Crippen molar-refractivity contribution in [2.45, 2.75) is 25.4 Å². The average molecular weight is 350 g/mol. The van der Waals surface area contributed by atoms with Gasteiger partial charge in [-0.25, -0.2) is 4.79 Å². The summed E-state index contributed by atoms with van der Waals surface area (Å²) < 4.78 is 1.91. The molecule has 0 radical (unpaired) electrons. The molecule has 0 fully saturated rings. The summed E-state index contributed by atoms with van der Waals surface area (Å²) in [4.78, 5) is 14.1. The maximum atomic E-state index is 12.5. The number of aliphatic hydroxyl groups is 1. The van der Waals surface area contributed by atoms with Crippen LogP contribution in [0, 0.1) is 0 Å². The van der Waals surface area contributed by atoms with Gasteiger partial charge in [-0.05, 0) is 24.5 Å². The molecular formula is C18H24ClN3O2. The highest BCUT2D eigenvalue weighted by Gasteiger charge is 2.17. The number of hydrogen-bond donors (Lipinski definition) is 2. The molecule has 2 N–H and O–H groups in total. The van der Waals surface area contributed by atoms with E-state index in [4.69, 9.17) is 16.7 Å². The molecular weight excluding hydrogens is 326 g/mol. The molecule has 0 bridgehead atoms. The molecule has 1 atom stereocenters. The van der Waals surface area contributed by atoms with Gasteiger partial charge in [-0.2, -0.15) is 0 Å². The maximum absolute atomic E-state index is 12.5. The third-order valence-electron chi connectivity index (χ3n) is 3.97. The Labute approximate surface area is 147 Å². The Bertz CT molecular complexity index is 658. The zero-order chi connectivity index (χ0) is 17.5. The van der Waals surface area contributed by atoms with Gasteiger partial charge in [-0.3, -0.25) is 0 Å². The van der Waals surface area contributed by atoms with E-state index < -0.39 is 0 Å². The van der Waals surface area contributed by atoms with Crippen LogP contribution in [-0.2, 0) is 13.6 Å². The number of nitrogens with one attached hydrogen (secondary N) is 1. The smallest absolute Gasteiger partial charge is 0.317 e. The van der Waals surface area contributed by atoms with Gasteiger partial charge in [-0.15, -0.1) is 0 Å². The maximum Gasteiger partial charge on any atom is 0.317 e. The van der Waals surface area contributed by atoms with Crippen LogP contribution in [0.5, 0.6) is 0 Å². The molecule has 1 unspecified atom stereocenters. The minimum absolute atomic E-state index is 0.108. The lowest BCUT2D eigenvalue weighted by molar-refractivity contribution is 0.199. The standard InChI is InChI=1S/C18H24ClN3O2/c1-21-12-15(19)11-16(21)13-22(2)18(24)20-17(9-6-10-23)14-7-4-3-5-8-14/h3-5,7-8,11-12,17,23H,6,9-10,13H2,1-2H3,(H,20,24). The van der Waals surface area contributed by atoms with Gasteiger partial charge >= 0.3 is 6.03 Å². The lowest BCUT2D eigenvalue weighted by atomic mass is 10.0. The second-order valence-electron chi connectivity index (χ2n) is 5.90. The Hall–Kier alpha value is -1.98. The summed E-state index contributed by atoms with van der Waals surface area (Å²) in [5.74, 6) is 0. The van der Waals surface area contributed by atoms with Crippen molar-refractivity contribution in [1.29, 1.82) is 0 Å². The van der Waals surface area contributed by atoms with E-state index in [0.29, 0.717) is 24.4 Å². The number of rotatable bonds is 7. The van der Waals surface area contributed by atoms with Crippen LogP contribution in [0.2, 0.25) is 5.02 Å². The highest BCUT2D eigenvalue weighted by molar-refractivity contribution is 6.30.